The lowest BCUT2D eigenvalue weighted by Gasteiger charge is -2.04. The molecule has 118 valence electrons. The maximum absolute atomic E-state index is 6.06. The molecule has 0 atom stereocenters. The number of rotatable bonds is 4. The Morgan fingerprint density at radius 2 is 1.71 bits per heavy atom. The molecule has 0 bridgehead atoms. The van der Waals surface area contributed by atoms with E-state index in [1.54, 1.807) is 12.1 Å². The first-order chi connectivity index (χ1) is 11.8. The number of ether oxygens (including phenoxy) is 1. The number of para-hydroxylation sites is 1. The zero-order valence-electron chi connectivity index (χ0n) is 12.6. The van der Waals surface area contributed by atoms with Gasteiger partial charge in [-0.15, -0.1) is 0 Å². The number of benzene rings is 3. The van der Waals surface area contributed by atoms with E-state index in [-0.39, 0.29) is 6.61 Å². The van der Waals surface area contributed by atoms with E-state index in [0.717, 1.165) is 10.9 Å². The molecule has 0 saturated heterocycles. The molecular weight excluding hydrogens is 324 g/mol. The molecule has 3 aromatic carbocycles. The highest BCUT2D eigenvalue weighted by atomic mass is 35.5. The van der Waals surface area contributed by atoms with Gasteiger partial charge in [-0.3, -0.25) is 0 Å². The predicted octanol–water partition coefficient (Wildman–Crippen LogP) is 5.12. The van der Waals surface area contributed by atoms with Crippen molar-refractivity contribution in [2.45, 2.75) is 6.61 Å². The number of aromatic nitrogens is 2. The quantitative estimate of drug-likeness (QED) is 0.519. The van der Waals surface area contributed by atoms with Gasteiger partial charge in [-0.1, -0.05) is 59.2 Å². The number of nitrogens with zero attached hydrogens (tertiary/aromatic N) is 2. The first-order valence-electron chi connectivity index (χ1n) is 7.49. The molecule has 0 fully saturated rings. The number of halogens is 1. The minimum Gasteiger partial charge on any atom is -0.484 e. The Hall–Kier alpha value is -2.85. The third-order valence-corrected chi connectivity index (χ3v) is 3.97. The third kappa shape index (κ3) is 2.96. The summed E-state index contributed by atoms with van der Waals surface area (Å²) in [7, 11) is 0. The lowest BCUT2D eigenvalue weighted by Crippen LogP contribution is -1.97. The maximum atomic E-state index is 6.06. The lowest BCUT2D eigenvalue weighted by molar-refractivity contribution is 0.287. The first-order valence-corrected chi connectivity index (χ1v) is 7.86. The molecule has 1 heterocycles. The average molecular weight is 337 g/mol. The maximum Gasteiger partial charge on any atom is 0.258 e. The summed E-state index contributed by atoms with van der Waals surface area (Å²) in [4.78, 5) is 4.39. The molecular formula is C19H13ClN2O2. The summed E-state index contributed by atoms with van der Waals surface area (Å²) in [5.74, 6) is 1.54. The van der Waals surface area contributed by atoms with E-state index in [2.05, 4.69) is 22.3 Å². The van der Waals surface area contributed by atoms with Crippen molar-refractivity contribution >= 4 is 22.4 Å². The Bertz CT molecular complexity index is 997. The van der Waals surface area contributed by atoms with Crippen LogP contribution in [0.5, 0.6) is 5.75 Å². The normalized spacial score (nSPS) is 10.9. The molecule has 1 aromatic heterocycles. The molecule has 4 aromatic rings. The van der Waals surface area contributed by atoms with Crippen LogP contribution in [0.25, 0.3) is 22.2 Å². The summed E-state index contributed by atoms with van der Waals surface area (Å²) in [6.07, 6.45) is 0. The summed E-state index contributed by atoms with van der Waals surface area (Å²) >= 11 is 6.06. The largest absolute Gasteiger partial charge is 0.484 e. The van der Waals surface area contributed by atoms with E-state index in [9.17, 15) is 0 Å². The van der Waals surface area contributed by atoms with E-state index in [1.807, 2.05) is 42.5 Å². The molecule has 0 saturated carbocycles. The van der Waals surface area contributed by atoms with Gasteiger partial charge in [-0.05, 0) is 35.0 Å². The summed E-state index contributed by atoms with van der Waals surface area (Å²) in [5.41, 5.74) is 0.880. The SMILES string of the molecule is Clc1ccccc1OCc1noc(-c2ccc3ccccc3c2)n1. The van der Waals surface area contributed by atoms with Crippen LogP contribution >= 0.6 is 11.6 Å². The summed E-state index contributed by atoms with van der Waals surface area (Å²) < 4.78 is 11.0. The van der Waals surface area contributed by atoms with Gasteiger partial charge in [0.25, 0.3) is 5.89 Å². The van der Waals surface area contributed by atoms with Crippen LogP contribution in [-0.4, -0.2) is 10.1 Å². The number of hydrogen-bond acceptors (Lipinski definition) is 4. The topological polar surface area (TPSA) is 48.2 Å². The third-order valence-electron chi connectivity index (χ3n) is 3.66. The minimum absolute atomic E-state index is 0.195. The Kier molecular flexibility index (Phi) is 3.89. The second kappa shape index (κ2) is 6.34. The molecule has 0 unspecified atom stereocenters. The van der Waals surface area contributed by atoms with Crippen molar-refractivity contribution in [3.05, 3.63) is 77.6 Å². The second-order valence-corrected chi connectivity index (χ2v) is 5.70. The van der Waals surface area contributed by atoms with Gasteiger partial charge in [0.15, 0.2) is 6.61 Å². The second-order valence-electron chi connectivity index (χ2n) is 5.30. The molecule has 24 heavy (non-hydrogen) atoms. The summed E-state index contributed by atoms with van der Waals surface area (Å²) in [6.45, 7) is 0.195. The van der Waals surface area contributed by atoms with Crippen molar-refractivity contribution in [2.75, 3.05) is 0 Å². The molecule has 0 radical (unpaired) electrons. The monoisotopic (exact) mass is 336 g/mol. The van der Waals surface area contributed by atoms with Gasteiger partial charge < -0.3 is 9.26 Å². The molecule has 0 aliphatic heterocycles. The fourth-order valence-electron chi connectivity index (χ4n) is 2.46. The van der Waals surface area contributed by atoms with Crippen LogP contribution in [0.2, 0.25) is 5.02 Å². The van der Waals surface area contributed by atoms with Crippen LogP contribution in [0, 0.1) is 0 Å². The Morgan fingerprint density at radius 1 is 0.917 bits per heavy atom. The standard InChI is InChI=1S/C19H13ClN2O2/c20-16-7-3-4-8-17(16)23-12-18-21-19(24-22-18)15-10-9-13-5-1-2-6-14(13)11-15/h1-11H,12H2. The Labute approximate surface area is 143 Å². The van der Waals surface area contributed by atoms with Gasteiger partial charge in [0.05, 0.1) is 5.02 Å². The van der Waals surface area contributed by atoms with Gasteiger partial charge in [0, 0.05) is 5.56 Å². The van der Waals surface area contributed by atoms with Crippen LogP contribution in [0.1, 0.15) is 5.82 Å². The van der Waals surface area contributed by atoms with Crippen molar-refractivity contribution in [3.63, 3.8) is 0 Å². The molecule has 4 nitrogen and oxygen atoms in total. The van der Waals surface area contributed by atoms with Crippen molar-refractivity contribution in [3.8, 4) is 17.2 Å². The average Bonchev–Trinajstić information content (AvgIpc) is 3.10. The van der Waals surface area contributed by atoms with E-state index in [4.69, 9.17) is 20.9 Å². The van der Waals surface area contributed by atoms with Crippen LogP contribution < -0.4 is 4.74 Å². The van der Waals surface area contributed by atoms with E-state index >= 15 is 0 Å². The fraction of sp³-hybridized carbons (Fsp3) is 0.0526. The van der Waals surface area contributed by atoms with Crippen LogP contribution in [0.4, 0.5) is 0 Å². The highest BCUT2D eigenvalue weighted by Crippen LogP contribution is 2.25. The van der Waals surface area contributed by atoms with Crippen molar-refractivity contribution in [2.24, 2.45) is 0 Å². The minimum atomic E-state index is 0.195. The Morgan fingerprint density at radius 3 is 2.58 bits per heavy atom. The van der Waals surface area contributed by atoms with Crippen LogP contribution in [-0.2, 0) is 6.61 Å². The van der Waals surface area contributed by atoms with Gasteiger partial charge in [0.2, 0.25) is 5.82 Å². The number of hydrogen-bond donors (Lipinski definition) is 0. The highest BCUT2D eigenvalue weighted by molar-refractivity contribution is 6.32. The molecule has 0 spiro atoms. The highest BCUT2D eigenvalue weighted by Gasteiger charge is 2.10. The van der Waals surface area contributed by atoms with Gasteiger partial charge in [0.1, 0.15) is 5.75 Å². The summed E-state index contributed by atoms with van der Waals surface area (Å²) in [6, 6.07) is 21.4. The van der Waals surface area contributed by atoms with Gasteiger partial charge in [-0.25, -0.2) is 0 Å². The van der Waals surface area contributed by atoms with E-state index in [1.165, 1.54) is 5.39 Å². The smallest absolute Gasteiger partial charge is 0.258 e. The zero-order chi connectivity index (χ0) is 16.4. The first kappa shape index (κ1) is 14.7. The summed E-state index contributed by atoms with van der Waals surface area (Å²) in [5, 5.41) is 6.81. The zero-order valence-corrected chi connectivity index (χ0v) is 13.4. The van der Waals surface area contributed by atoms with E-state index < -0.39 is 0 Å². The molecule has 0 aliphatic carbocycles. The van der Waals surface area contributed by atoms with E-state index in [0.29, 0.717) is 22.5 Å². The lowest BCUT2D eigenvalue weighted by atomic mass is 10.1. The Balaban J connectivity index is 1.54. The van der Waals surface area contributed by atoms with Crippen molar-refractivity contribution in [1.29, 1.82) is 0 Å². The molecule has 5 heteroatoms. The van der Waals surface area contributed by atoms with Crippen molar-refractivity contribution in [1.82, 2.24) is 10.1 Å². The number of fused-ring (bicyclic) bond motifs is 1. The van der Waals surface area contributed by atoms with Crippen LogP contribution in [0.15, 0.2) is 71.3 Å². The fourth-order valence-corrected chi connectivity index (χ4v) is 2.65. The van der Waals surface area contributed by atoms with Gasteiger partial charge in [-0.2, -0.15) is 4.98 Å². The predicted molar refractivity (Wildman–Crippen MR) is 93.0 cm³/mol. The van der Waals surface area contributed by atoms with Gasteiger partial charge >= 0.3 is 0 Å². The molecule has 4 rings (SSSR count). The molecule has 0 amide bonds. The molecule has 0 N–H and O–H groups in total. The molecule has 0 aliphatic rings. The van der Waals surface area contributed by atoms with Crippen LogP contribution in [0.3, 0.4) is 0 Å². The van der Waals surface area contributed by atoms with Crippen molar-refractivity contribution < 1.29 is 9.26 Å².